The highest BCUT2D eigenvalue weighted by Crippen LogP contribution is 2.12. The monoisotopic (exact) mass is 233 g/mol. The number of nitrogens with one attached hydrogen (secondary N) is 1. The van der Waals surface area contributed by atoms with Crippen LogP contribution < -0.4 is 10.1 Å². The molecule has 4 nitrogen and oxygen atoms in total. The van der Waals surface area contributed by atoms with Crippen molar-refractivity contribution in [3.8, 4) is 18.2 Å². The number of anilines is 1. The first-order valence-corrected chi connectivity index (χ1v) is 5.92. The van der Waals surface area contributed by atoms with E-state index in [4.69, 9.17) is 11.2 Å². The second kappa shape index (κ2) is 7.50. The summed E-state index contributed by atoms with van der Waals surface area (Å²) in [5, 5.41) is 3.14. The van der Waals surface area contributed by atoms with Crippen molar-refractivity contribution in [1.29, 1.82) is 0 Å². The normalized spacial score (nSPS) is 9.71. The van der Waals surface area contributed by atoms with Crippen molar-refractivity contribution in [2.24, 2.45) is 0 Å². The lowest BCUT2D eigenvalue weighted by molar-refractivity contribution is 0.305. The van der Waals surface area contributed by atoms with Crippen LogP contribution >= 0.6 is 0 Å². The minimum absolute atomic E-state index is 0.605. The van der Waals surface area contributed by atoms with Crippen molar-refractivity contribution in [3.05, 3.63) is 11.8 Å². The van der Waals surface area contributed by atoms with Crippen molar-refractivity contribution in [2.75, 3.05) is 18.5 Å². The van der Waals surface area contributed by atoms with E-state index >= 15 is 0 Å². The fraction of sp³-hybridized carbons (Fsp3) is 0.538. The van der Waals surface area contributed by atoms with Crippen molar-refractivity contribution in [1.82, 2.24) is 9.97 Å². The fourth-order valence-electron chi connectivity index (χ4n) is 1.29. The van der Waals surface area contributed by atoms with E-state index in [9.17, 15) is 0 Å². The molecule has 1 heterocycles. The van der Waals surface area contributed by atoms with Crippen LogP contribution in [-0.2, 0) is 0 Å². The molecule has 17 heavy (non-hydrogen) atoms. The Hall–Kier alpha value is -1.76. The van der Waals surface area contributed by atoms with Gasteiger partial charge in [-0.25, -0.2) is 4.98 Å². The molecule has 0 saturated carbocycles. The maximum atomic E-state index is 5.48. The van der Waals surface area contributed by atoms with Gasteiger partial charge in [-0.05, 0) is 19.8 Å². The molecule has 1 rings (SSSR count). The summed E-state index contributed by atoms with van der Waals surface area (Å²) in [6, 6.07) is 1.84. The van der Waals surface area contributed by atoms with Crippen molar-refractivity contribution in [2.45, 2.75) is 33.1 Å². The minimum atomic E-state index is 0.605. The van der Waals surface area contributed by atoms with Crippen LogP contribution in [-0.4, -0.2) is 23.1 Å². The maximum Gasteiger partial charge on any atom is 0.226 e. The molecule has 92 valence electrons. The average molecular weight is 233 g/mol. The average Bonchev–Trinajstić information content (AvgIpc) is 2.31. The third-order valence-corrected chi connectivity index (χ3v) is 2.07. The molecule has 4 heteroatoms. The van der Waals surface area contributed by atoms with Gasteiger partial charge in [-0.15, -0.1) is 12.3 Å². The Kier molecular flexibility index (Phi) is 5.87. The van der Waals surface area contributed by atoms with Gasteiger partial charge in [0.2, 0.25) is 11.8 Å². The number of nitrogens with zero attached hydrogens (tertiary/aromatic N) is 2. The molecule has 0 spiro atoms. The summed E-state index contributed by atoms with van der Waals surface area (Å²) in [6.07, 6.45) is 7.83. The third kappa shape index (κ3) is 5.21. The number of aromatic nitrogens is 2. The summed E-state index contributed by atoms with van der Waals surface area (Å²) in [7, 11) is 0. The molecule has 0 aliphatic carbocycles. The van der Waals surface area contributed by atoms with Crippen LogP contribution in [0.1, 0.15) is 31.9 Å². The summed E-state index contributed by atoms with van der Waals surface area (Å²) in [6.45, 7) is 5.44. The van der Waals surface area contributed by atoms with Crippen LogP contribution in [0.15, 0.2) is 6.07 Å². The van der Waals surface area contributed by atoms with E-state index in [0.717, 1.165) is 31.5 Å². The fourth-order valence-corrected chi connectivity index (χ4v) is 1.29. The smallest absolute Gasteiger partial charge is 0.226 e. The summed E-state index contributed by atoms with van der Waals surface area (Å²) < 4.78 is 5.48. The van der Waals surface area contributed by atoms with Gasteiger partial charge in [0, 0.05) is 24.7 Å². The van der Waals surface area contributed by atoms with Gasteiger partial charge in [0.05, 0.1) is 6.61 Å². The zero-order chi connectivity index (χ0) is 12.5. The van der Waals surface area contributed by atoms with Crippen LogP contribution in [0.3, 0.4) is 0 Å². The van der Waals surface area contributed by atoms with Gasteiger partial charge in [-0.1, -0.05) is 6.92 Å². The van der Waals surface area contributed by atoms with Crippen LogP contribution in [0.25, 0.3) is 0 Å². The molecule has 0 aliphatic rings. The van der Waals surface area contributed by atoms with E-state index < -0.39 is 0 Å². The van der Waals surface area contributed by atoms with E-state index in [1.807, 2.05) is 13.0 Å². The highest BCUT2D eigenvalue weighted by atomic mass is 16.5. The molecule has 0 saturated heterocycles. The van der Waals surface area contributed by atoms with Crippen molar-refractivity contribution >= 4 is 5.95 Å². The summed E-state index contributed by atoms with van der Waals surface area (Å²) in [5.41, 5.74) is 0.894. The molecule has 0 bridgehead atoms. The molecule has 1 aromatic heterocycles. The number of terminal acetylenes is 1. The predicted octanol–water partition coefficient (Wildman–Crippen LogP) is 2.40. The number of unbranched alkanes of at least 4 members (excludes halogenated alkanes) is 1. The number of hydrogen-bond donors (Lipinski definition) is 1. The number of aryl methyl sites for hydroxylation is 1. The maximum absolute atomic E-state index is 5.48. The highest BCUT2D eigenvalue weighted by Gasteiger charge is 2.02. The van der Waals surface area contributed by atoms with Crippen LogP contribution in [0.4, 0.5) is 5.95 Å². The van der Waals surface area contributed by atoms with Gasteiger partial charge in [0.15, 0.2) is 0 Å². The Balaban J connectivity index is 2.53. The zero-order valence-electron chi connectivity index (χ0n) is 10.5. The molecule has 0 unspecified atom stereocenters. The molecular formula is C13H19N3O. The first-order valence-electron chi connectivity index (χ1n) is 5.92. The Morgan fingerprint density at radius 1 is 1.47 bits per heavy atom. The first-order chi connectivity index (χ1) is 8.26. The van der Waals surface area contributed by atoms with Gasteiger partial charge >= 0.3 is 0 Å². The zero-order valence-corrected chi connectivity index (χ0v) is 10.5. The molecule has 0 radical (unpaired) electrons. The number of ether oxygens (including phenoxy) is 1. The number of rotatable bonds is 7. The Bertz CT molecular complexity index is 385. The Morgan fingerprint density at radius 3 is 3.00 bits per heavy atom. The SMILES string of the molecule is C#CCCCNc1nc(C)cc(OCCC)n1. The van der Waals surface area contributed by atoms with Crippen LogP contribution in [0, 0.1) is 19.3 Å². The third-order valence-electron chi connectivity index (χ3n) is 2.07. The van der Waals surface area contributed by atoms with Gasteiger partial charge in [0.25, 0.3) is 0 Å². The second-order valence-corrected chi connectivity index (χ2v) is 3.75. The van der Waals surface area contributed by atoms with Crippen LogP contribution in [0.2, 0.25) is 0 Å². The van der Waals surface area contributed by atoms with Gasteiger partial charge in [-0.2, -0.15) is 4.98 Å². The Labute approximate surface area is 103 Å². The molecular weight excluding hydrogens is 214 g/mol. The van der Waals surface area contributed by atoms with Crippen molar-refractivity contribution in [3.63, 3.8) is 0 Å². The van der Waals surface area contributed by atoms with Gasteiger partial charge in [0.1, 0.15) is 0 Å². The van der Waals surface area contributed by atoms with E-state index in [2.05, 4.69) is 28.1 Å². The molecule has 0 atom stereocenters. The van der Waals surface area contributed by atoms with Gasteiger partial charge < -0.3 is 10.1 Å². The highest BCUT2D eigenvalue weighted by molar-refractivity contribution is 5.30. The summed E-state index contributed by atoms with van der Waals surface area (Å²) in [4.78, 5) is 8.56. The first kappa shape index (κ1) is 13.3. The summed E-state index contributed by atoms with van der Waals surface area (Å²) >= 11 is 0. The topological polar surface area (TPSA) is 47.0 Å². The second-order valence-electron chi connectivity index (χ2n) is 3.75. The van der Waals surface area contributed by atoms with E-state index in [1.165, 1.54) is 0 Å². The van der Waals surface area contributed by atoms with E-state index in [0.29, 0.717) is 18.4 Å². The summed E-state index contributed by atoms with van der Waals surface area (Å²) in [5.74, 6) is 3.83. The Morgan fingerprint density at radius 2 is 2.29 bits per heavy atom. The minimum Gasteiger partial charge on any atom is -0.478 e. The van der Waals surface area contributed by atoms with E-state index in [-0.39, 0.29) is 0 Å². The van der Waals surface area contributed by atoms with Crippen LogP contribution in [0.5, 0.6) is 5.88 Å². The lowest BCUT2D eigenvalue weighted by atomic mass is 10.3. The standard InChI is InChI=1S/C13H19N3O/c1-4-6-7-8-14-13-15-11(3)10-12(16-13)17-9-5-2/h1,10H,5-9H2,2-3H3,(H,14,15,16). The molecule has 0 amide bonds. The lowest BCUT2D eigenvalue weighted by Crippen LogP contribution is -2.07. The lowest BCUT2D eigenvalue weighted by Gasteiger charge is -2.08. The van der Waals surface area contributed by atoms with Crippen molar-refractivity contribution < 1.29 is 4.74 Å². The largest absolute Gasteiger partial charge is 0.478 e. The van der Waals surface area contributed by atoms with E-state index in [1.54, 1.807) is 0 Å². The van der Waals surface area contributed by atoms with Gasteiger partial charge in [-0.3, -0.25) is 0 Å². The molecule has 0 aliphatic heterocycles. The predicted molar refractivity (Wildman–Crippen MR) is 69.1 cm³/mol. The molecule has 1 N–H and O–H groups in total. The molecule has 0 aromatic carbocycles. The molecule has 1 aromatic rings. The molecule has 0 fully saturated rings. The quantitative estimate of drug-likeness (QED) is 0.580. The number of hydrogen-bond acceptors (Lipinski definition) is 4.